The molecule has 1 aliphatic carbocycles. The Hall–Kier alpha value is -0.0800. The predicted molar refractivity (Wildman–Crippen MR) is 49.2 cm³/mol. The molecule has 1 saturated heterocycles. The summed E-state index contributed by atoms with van der Waals surface area (Å²) in [6.07, 6.45) is 6.36. The minimum Gasteiger partial charge on any atom is -0.375 e. The molecule has 1 aliphatic heterocycles. The first-order chi connectivity index (χ1) is 5.88. The Morgan fingerprint density at radius 1 is 1.08 bits per heavy atom. The van der Waals surface area contributed by atoms with Gasteiger partial charge in [-0.2, -0.15) is 0 Å². The summed E-state index contributed by atoms with van der Waals surface area (Å²) in [4.78, 5) is 2.51. The van der Waals surface area contributed by atoms with Gasteiger partial charge in [0.25, 0.3) is 0 Å². The normalized spacial score (nSPS) is 27.8. The molecule has 0 aromatic rings. The number of ether oxygens (including phenoxy) is 1. The van der Waals surface area contributed by atoms with Gasteiger partial charge in [0.2, 0.25) is 0 Å². The van der Waals surface area contributed by atoms with Gasteiger partial charge in [0, 0.05) is 13.1 Å². The van der Waals surface area contributed by atoms with Gasteiger partial charge in [-0.15, -0.1) is 0 Å². The zero-order valence-corrected chi connectivity index (χ0v) is 7.96. The summed E-state index contributed by atoms with van der Waals surface area (Å²) in [5.41, 5.74) is 0. The third-order valence-corrected chi connectivity index (χ3v) is 2.89. The Morgan fingerprint density at radius 3 is 2.17 bits per heavy atom. The van der Waals surface area contributed by atoms with Gasteiger partial charge in [0.15, 0.2) is 0 Å². The zero-order chi connectivity index (χ0) is 8.39. The van der Waals surface area contributed by atoms with Crippen LogP contribution in [-0.4, -0.2) is 36.7 Å². The van der Waals surface area contributed by atoms with Crippen LogP contribution >= 0.6 is 0 Å². The van der Waals surface area contributed by atoms with E-state index in [0.717, 1.165) is 0 Å². The molecule has 0 bridgehead atoms. The summed E-state index contributed by atoms with van der Waals surface area (Å²) in [5, 5.41) is 0. The fourth-order valence-electron chi connectivity index (χ4n) is 1.84. The lowest BCUT2D eigenvalue weighted by Gasteiger charge is -2.30. The summed E-state index contributed by atoms with van der Waals surface area (Å²) in [7, 11) is 0. The van der Waals surface area contributed by atoms with Crippen molar-refractivity contribution >= 4 is 0 Å². The van der Waals surface area contributed by atoms with Crippen LogP contribution in [0.25, 0.3) is 0 Å². The monoisotopic (exact) mass is 169 g/mol. The second-order valence-electron chi connectivity index (χ2n) is 3.97. The van der Waals surface area contributed by atoms with Crippen LogP contribution in [0.4, 0.5) is 0 Å². The number of hydrogen-bond acceptors (Lipinski definition) is 2. The SMILES string of the molecule is CCN1CCC(OC2CC2)CC1. The average Bonchev–Trinajstić information content (AvgIpc) is 2.90. The molecule has 0 spiro atoms. The number of piperidine rings is 1. The molecule has 0 amide bonds. The van der Waals surface area contributed by atoms with E-state index in [9.17, 15) is 0 Å². The van der Waals surface area contributed by atoms with E-state index < -0.39 is 0 Å². The van der Waals surface area contributed by atoms with Gasteiger partial charge in [-0.1, -0.05) is 6.92 Å². The third-order valence-electron chi connectivity index (χ3n) is 2.89. The second kappa shape index (κ2) is 3.75. The maximum absolute atomic E-state index is 5.87. The van der Waals surface area contributed by atoms with Gasteiger partial charge < -0.3 is 9.64 Å². The van der Waals surface area contributed by atoms with Crippen LogP contribution in [0.15, 0.2) is 0 Å². The van der Waals surface area contributed by atoms with Crippen molar-refractivity contribution < 1.29 is 4.74 Å². The highest BCUT2D eigenvalue weighted by Gasteiger charge is 2.28. The van der Waals surface area contributed by atoms with Crippen molar-refractivity contribution in [1.29, 1.82) is 0 Å². The summed E-state index contributed by atoms with van der Waals surface area (Å²) < 4.78 is 5.87. The molecule has 70 valence electrons. The van der Waals surface area contributed by atoms with Gasteiger partial charge in [-0.25, -0.2) is 0 Å². The molecule has 1 saturated carbocycles. The van der Waals surface area contributed by atoms with E-state index in [1.807, 2.05) is 0 Å². The number of likely N-dealkylation sites (tertiary alicyclic amines) is 1. The van der Waals surface area contributed by atoms with Crippen LogP contribution in [0.5, 0.6) is 0 Å². The van der Waals surface area contributed by atoms with Crippen molar-refractivity contribution in [2.45, 2.75) is 44.8 Å². The van der Waals surface area contributed by atoms with E-state index in [2.05, 4.69) is 11.8 Å². The van der Waals surface area contributed by atoms with Gasteiger partial charge in [-0.3, -0.25) is 0 Å². The molecule has 2 nitrogen and oxygen atoms in total. The lowest BCUT2D eigenvalue weighted by Crippen LogP contribution is -2.37. The molecule has 2 aliphatic rings. The zero-order valence-electron chi connectivity index (χ0n) is 7.96. The highest BCUT2D eigenvalue weighted by atomic mass is 16.5. The Balaban J connectivity index is 1.66. The van der Waals surface area contributed by atoms with Crippen LogP contribution in [-0.2, 0) is 4.74 Å². The first-order valence-corrected chi connectivity index (χ1v) is 5.26. The molecule has 2 heteroatoms. The van der Waals surface area contributed by atoms with Crippen molar-refractivity contribution in [2.24, 2.45) is 0 Å². The van der Waals surface area contributed by atoms with E-state index in [-0.39, 0.29) is 0 Å². The molecule has 0 N–H and O–H groups in total. The first-order valence-electron chi connectivity index (χ1n) is 5.26. The lowest BCUT2D eigenvalue weighted by atomic mass is 10.1. The first kappa shape index (κ1) is 8.52. The smallest absolute Gasteiger partial charge is 0.0603 e. The van der Waals surface area contributed by atoms with Gasteiger partial charge in [0.05, 0.1) is 12.2 Å². The van der Waals surface area contributed by atoms with E-state index in [1.165, 1.54) is 45.3 Å². The summed E-state index contributed by atoms with van der Waals surface area (Å²) in [5.74, 6) is 0. The minimum absolute atomic E-state index is 0.584. The van der Waals surface area contributed by atoms with Crippen LogP contribution in [0.3, 0.4) is 0 Å². The van der Waals surface area contributed by atoms with Gasteiger partial charge >= 0.3 is 0 Å². The largest absolute Gasteiger partial charge is 0.375 e. The fourth-order valence-corrected chi connectivity index (χ4v) is 1.84. The molecule has 0 unspecified atom stereocenters. The van der Waals surface area contributed by atoms with Crippen LogP contribution in [0, 0.1) is 0 Å². The molecule has 2 fully saturated rings. The Labute approximate surface area is 74.9 Å². The summed E-state index contributed by atoms with van der Waals surface area (Å²) in [6.45, 7) is 5.93. The molecule has 12 heavy (non-hydrogen) atoms. The molecule has 1 heterocycles. The minimum atomic E-state index is 0.584. The van der Waals surface area contributed by atoms with Crippen molar-refractivity contribution in [1.82, 2.24) is 4.90 Å². The number of nitrogens with zero attached hydrogens (tertiary/aromatic N) is 1. The van der Waals surface area contributed by atoms with Gasteiger partial charge in [0.1, 0.15) is 0 Å². The van der Waals surface area contributed by atoms with E-state index >= 15 is 0 Å². The Kier molecular flexibility index (Phi) is 2.66. The molecule has 2 rings (SSSR count). The second-order valence-corrected chi connectivity index (χ2v) is 3.97. The quantitative estimate of drug-likeness (QED) is 0.637. The fraction of sp³-hybridized carbons (Fsp3) is 1.00. The summed E-state index contributed by atoms with van der Waals surface area (Å²) >= 11 is 0. The van der Waals surface area contributed by atoms with Crippen LogP contribution in [0.1, 0.15) is 32.6 Å². The molecular weight excluding hydrogens is 150 g/mol. The number of hydrogen-bond donors (Lipinski definition) is 0. The Bertz CT molecular complexity index is 137. The number of rotatable bonds is 3. The maximum Gasteiger partial charge on any atom is 0.0603 e. The van der Waals surface area contributed by atoms with E-state index in [0.29, 0.717) is 12.2 Å². The van der Waals surface area contributed by atoms with Crippen molar-refractivity contribution in [2.75, 3.05) is 19.6 Å². The third kappa shape index (κ3) is 2.20. The van der Waals surface area contributed by atoms with E-state index in [4.69, 9.17) is 4.74 Å². The maximum atomic E-state index is 5.87. The molecule has 0 aromatic heterocycles. The van der Waals surface area contributed by atoms with Crippen LogP contribution < -0.4 is 0 Å². The van der Waals surface area contributed by atoms with E-state index in [1.54, 1.807) is 0 Å². The molecule has 0 atom stereocenters. The molecular formula is C10H19NO. The predicted octanol–water partition coefficient (Wildman–Crippen LogP) is 1.65. The standard InChI is InChI=1S/C10H19NO/c1-2-11-7-5-10(6-8-11)12-9-3-4-9/h9-10H,2-8H2,1H3. The lowest BCUT2D eigenvalue weighted by molar-refractivity contribution is -0.00167. The Morgan fingerprint density at radius 2 is 1.67 bits per heavy atom. The highest BCUT2D eigenvalue weighted by Crippen LogP contribution is 2.27. The topological polar surface area (TPSA) is 12.5 Å². The average molecular weight is 169 g/mol. The van der Waals surface area contributed by atoms with Crippen LogP contribution in [0.2, 0.25) is 0 Å². The van der Waals surface area contributed by atoms with Crippen molar-refractivity contribution in [3.8, 4) is 0 Å². The summed E-state index contributed by atoms with van der Waals surface area (Å²) in [6, 6.07) is 0. The molecule has 0 radical (unpaired) electrons. The molecule has 0 aromatic carbocycles. The van der Waals surface area contributed by atoms with Gasteiger partial charge in [-0.05, 0) is 32.2 Å². The van der Waals surface area contributed by atoms with Crippen molar-refractivity contribution in [3.05, 3.63) is 0 Å². The highest BCUT2D eigenvalue weighted by molar-refractivity contribution is 4.78. The van der Waals surface area contributed by atoms with Crippen molar-refractivity contribution in [3.63, 3.8) is 0 Å².